The molecule has 0 fully saturated rings. The van der Waals surface area contributed by atoms with E-state index in [4.69, 9.17) is 21.1 Å². The summed E-state index contributed by atoms with van der Waals surface area (Å²) in [5, 5.41) is 0.656. The average molecular weight is 313 g/mol. The van der Waals surface area contributed by atoms with Crippen molar-refractivity contribution < 1.29 is 14.3 Å². The molecule has 0 saturated heterocycles. The summed E-state index contributed by atoms with van der Waals surface area (Å²) in [7, 11) is 0. The lowest BCUT2D eigenvalue weighted by molar-refractivity contribution is -0.150. The first-order valence-electron chi connectivity index (χ1n) is 7.61. The van der Waals surface area contributed by atoms with Crippen molar-refractivity contribution in [2.75, 3.05) is 6.61 Å². The average Bonchev–Trinajstić information content (AvgIpc) is 2.42. The van der Waals surface area contributed by atoms with Gasteiger partial charge in [-0.3, -0.25) is 0 Å². The summed E-state index contributed by atoms with van der Waals surface area (Å²) < 4.78 is 10.8. The molecule has 1 aromatic rings. The summed E-state index contributed by atoms with van der Waals surface area (Å²) in [6.07, 6.45) is 5.59. The van der Waals surface area contributed by atoms with Crippen LogP contribution in [0.2, 0.25) is 5.02 Å². The van der Waals surface area contributed by atoms with Crippen LogP contribution in [0.4, 0.5) is 0 Å². The van der Waals surface area contributed by atoms with Gasteiger partial charge in [0.2, 0.25) is 0 Å². The molecule has 1 atom stereocenters. The van der Waals surface area contributed by atoms with Crippen LogP contribution in [-0.2, 0) is 9.53 Å². The van der Waals surface area contributed by atoms with Crippen LogP contribution in [0.5, 0.6) is 5.75 Å². The van der Waals surface area contributed by atoms with Gasteiger partial charge in [-0.05, 0) is 50.5 Å². The Bertz CT molecular complexity index is 446. The smallest absolute Gasteiger partial charge is 0.344 e. The maximum atomic E-state index is 11.7. The zero-order valence-electron chi connectivity index (χ0n) is 13.2. The van der Waals surface area contributed by atoms with Crippen molar-refractivity contribution in [1.82, 2.24) is 0 Å². The molecule has 1 unspecified atom stereocenters. The van der Waals surface area contributed by atoms with E-state index >= 15 is 0 Å². The van der Waals surface area contributed by atoms with Crippen molar-refractivity contribution in [3.8, 4) is 5.75 Å². The molecule has 4 heteroatoms. The molecular formula is C17H25ClO3. The highest BCUT2D eigenvalue weighted by atomic mass is 35.5. The highest BCUT2D eigenvalue weighted by molar-refractivity contribution is 6.30. The highest BCUT2D eigenvalue weighted by Gasteiger charge is 2.11. The zero-order valence-corrected chi connectivity index (χ0v) is 13.9. The molecule has 0 amide bonds. The first-order chi connectivity index (χ1) is 10.0. The Morgan fingerprint density at radius 3 is 2.71 bits per heavy atom. The standard InChI is InChI=1S/C17H25ClO3/c1-4-5-6-7-8-14(3)21-17(19)12-20-16-10-9-15(18)11-13(16)2/h9-11,14H,4-8,12H2,1-3H3. The molecule has 0 aliphatic carbocycles. The monoisotopic (exact) mass is 312 g/mol. The minimum atomic E-state index is -0.327. The molecule has 3 nitrogen and oxygen atoms in total. The number of aryl methyl sites for hydroxylation is 1. The fourth-order valence-corrected chi connectivity index (χ4v) is 2.31. The number of unbranched alkanes of at least 4 members (excludes halogenated alkanes) is 3. The van der Waals surface area contributed by atoms with Gasteiger partial charge >= 0.3 is 5.97 Å². The van der Waals surface area contributed by atoms with Crippen LogP contribution in [0.15, 0.2) is 18.2 Å². The van der Waals surface area contributed by atoms with E-state index in [9.17, 15) is 4.79 Å². The Morgan fingerprint density at radius 2 is 2.05 bits per heavy atom. The Morgan fingerprint density at radius 1 is 1.29 bits per heavy atom. The lowest BCUT2D eigenvalue weighted by Crippen LogP contribution is -2.20. The van der Waals surface area contributed by atoms with E-state index in [1.54, 1.807) is 18.2 Å². The number of ether oxygens (including phenoxy) is 2. The van der Waals surface area contributed by atoms with Gasteiger partial charge in [0.25, 0.3) is 0 Å². The van der Waals surface area contributed by atoms with Gasteiger partial charge in [0, 0.05) is 5.02 Å². The number of hydrogen-bond acceptors (Lipinski definition) is 3. The lowest BCUT2D eigenvalue weighted by Gasteiger charge is -2.14. The Labute approximate surface area is 132 Å². The Balaban J connectivity index is 2.27. The third-order valence-electron chi connectivity index (χ3n) is 3.28. The van der Waals surface area contributed by atoms with E-state index in [1.807, 2.05) is 13.8 Å². The first-order valence-corrected chi connectivity index (χ1v) is 7.99. The number of esters is 1. The van der Waals surface area contributed by atoms with Crippen molar-refractivity contribution in [3.05, 3.63) is 28.8 Å². The zero-order chi connectivity index (χ0) is 15.7. The van der Waals surface area contributed by atoms with Crippen LogP contribution in [0, 0.1) is 6.92 Å². The molecule has 0 bridgehead atoms. The molecule has 0 radical (unpaired) electrons. The predicted octanol–water partition coefficient (Wildman–Crippen LogP) is 4.93. The molecule has 1 aromatic carbocycles. The predicted molar refractivity (Wildman–Crippen MR) is 86.0 cm³/mol. The van der Waals surface area contributed by atoms with Gasteiger partial charge in [0.1, 0.15) is 5.75 Å². The maximum absolute atomic E-state index is 11.7. The molecule has 0 N–H and O–H groups in total. The molecule has 0 aromatic heterocycles. The number of hydrogen-bond donors (Lipinski definition) is 0. The van der Waals surface area contributed by atoms with Gasteiger partial charge < -0.3 is 9.47 Å². The summed E-state index contributed by atoms with van der Waals surface area (Å²) in [6, 6.07) is 5.31. The topological polar surface area (TPSA) is 35.5 Å². The van der Waals surface area contributed by atoms with E-state index in [2.05, 4.69) is 6.92 Å². The summed E-state index contributed by atoms with van der Waals surface area (Å²) in [5.74, 6) is 0.333. The molecule has 1 rings (SSSR count). The quantitative estimate of drug-likeness (QED) is 0.479. The Kier molecular flexibility index (Phi) is 8.21. The largest absolute Gasteiger partial charge is 0.482 e. The van der Waals surface area contributed by atoms with Crippen LogP contribution in [0.3, 0.4) is 0 Å². The van der Waals surface area contributed by atoms with Gasteiger partial charge in [0.15, 0.2) is 6.61 Å². The van der Waals surface area contributed by atoms with Gasteiger partial charge in [-0.1, -0.05) is 37.8 Å². The van der Waals surface area contributed by atoms with E-state index in [-0.39, 0.29) is 18.7 Å². The highest BCUT2D eigenvalue weighted by Crippen LogP contribution is 2.21. The molecular weight excluding hydrogens is 288 g/mol. The van der Waals surface area contributed by atoms with Gasteiger partial charge in [-0.25, -0.2) is 4.79 Å². The van der Waals surface area contributed by atoms with Crippen molar-refractivity contribution in [2.45, 2.75) is 59.0 Å². The van der Waals surface area contributed by atoms with Gasteiger partial charge in [-0.2, -0.15) is 0 Å². The van der Waals surface area contributed by atoms with E-state index in [1.165, 1.54) is 19.3 Å². The minimum absolute atomic E-state index is 0.0516. The van der Waals surface area contributed by atoms with E-state index in [0.29, 0.717) is 10.8 Å². The van der Waals surface area contributed by atoms with Gasteiger partial charge in [0.05, 0.1) is 6.10 Å². The third-order valence-corrected chi connectivity index (χ3v) is 3.51. The molecule has 0 aliphatic heterocycles. The van der Waals surface area contributed by atoms with Crippen LogP contribution in [0.25, 0.3) is 0 Å². The molecule has 118 valence electrons. The summed E-state index contributed by atoms with van der Waals surface area (Å²) in [6.45, 7) is 5.93. The van der Waals surface area contributed by atoms with Crippen molar-refractivity contribution >= 4 is 17.6 Å². The molecule has 0 spiro atoms. The molecule has 0 aliphatic rings. The van der Waals surface area contributed by atoms with Crippen LogP contribution >= 0.6 is 11.6 Å². The van der Waals surface area contributed by atoms with Crippen LogP contribution in [-0.4, -0.2) is 18.7 Å². The summed E-state index contributed by atoms with van der Waals surface area (Å²) >= 11 is 5.87. The lowest BCUT2D eigenvalue weighted by atomic mass is 10.1. The summed E-state index contributed by atoms with van der Waals surface area (Å²) in [4.78, 5) is 11.7. The van der Waals surface area contributed by atoms with Crippen LogP contribution in [0.1, 0.15) is 51.5 Å². The number of halogens is 1. The Hall–Kier alpha value is -1.22. The normalized spacial score (nSPS) is 12.0. The van der Waals surface area contributed by atoms with E-state index < -0.39 is 0 Å². The fraction of sp³-hybridized carbons (Fsp3) is 0.588. The van der Waals surface area contributed by atoms with E-state index in [0.717, 1.165) is 18.4 Å². The number of carbonyl (C=O) groups excluding carboxylic acids is 1. The van der Waals surface area contributed by atoms with Crippen molar-refractivity contribution in [3.63, 3.8) is 0 Å². The third kappa shape index (κ3) is 7.37. The number of benzene rings is 1. The summed E-state index contributed by atoms with van der Waals surface area (Å²) in [5.41, 5.74) is 0.905. The first kappa shape index (κ1) is 17.8. The van der Waals surface area contributed by atoms with Crippen LogP contribution < -0.4 is 4.74 Å². The molecule has 0 saturated carbocycles. The van der Waals surface area contributed by atoms with Gasteiger partial charge in [-0.15, -0.1) is 0 Å². The van der Waals surface area contributed by atoms with Crippen molar-refractivity contribution in [1.29, 1.82) is 0 Å². The molecule has 0 heterocycles. The minimum Gasteiger partial charge on any atom is -0.482 e. The van der Waals surface area contributed by atoms with Crippen molar-refractivity contribution in [2.24, 2.45) is 0 Å². The fourth-order valence-electron chi connectivity index (χ4n) is 2.09. The molecule has 21 heavy (non-hydrogen) atoms. The number of carbonyl (C=O) groups is 1. The second kappa shape index (κ2) is 9.67. The second-order valence-corrected chi connectivity index (χ2v) is 5.78. The number of rotatable bonds is 9. The maximum Gasteiger partial charge on any atom is 0.344 e. The second-order valence-electron chi connectivity index (χ2n) is 5.35. The SMILES string of the molecule is CCCCCCC(C)OC(=O)COc1ccc(Cl)cc1C.